The summed E-state index contributed by atoms with van der Waals surface area (Å²) in [5.41, 5.74) is 9.42. The van der Waals surface area contributed by atoms with E-state index in [-0.39, 0.29) is 10.8 Å². The Bertz CT molecular complexity index is 1130. The monoisotopic (exact) mass is 445 g/mol. The van der Waals surface area contributed by atoms with Gasteiger partial charge in [0, 0.05) is 16.9 Å². The minimum Gasteiger partial charge on any atom is -0.310 e. The molecule has 3 aromatic rings. The lowest BCUT2D eigenvalue weighted by molar-refractivity contribution is 0.590. The Morgan fingerprint density at radius 2 is 1.31 bits per heavy atom. The predicted molar refractivity (Wildman–Crippen MR) is 143 cm³/mol. The van der Waals surface area contributed by atoms with E-state index >= 15 is 0 Å². The van der Waals surface area contributed by atoms with Gasteiger partial charge in [-0.25, -0.2) is 0 Å². The Balaban J connectivity index is 2.28. The highest BCUT2D eigenvalue weighted by atomic mass is 35.5. The number of benzene rings is 3. The van der Waals surface area contributed by atoms with Crippen LogP contribution in [-0.4, -0.2) is 0 Å². The van der Waals surface area contributed by atoms with Crippen LogP contribution in [0, 0.1) is 13.8 Å². The summed E-state index contributed by atoms with van der Waals surface area (Å²) in [5.74, 6) is 0. The predicted octanol–water partition coefficient (Wildman–Crippen LogP) is 9.66. The summed E-state index contributed by atoms with van der Waals surface area (Å²) in [6, 6.07) is 19.8. The molecule has 0 aliphatic carbocycles. The minimum absolute atomic E-state index is 0.0986. The molecule has 0 aromatic heterocycles. The second-order valence-corrected chi connectivity index (χ2v) is 11.2. The Morgan fingerprint density at radius 1 is 0.750 bits per heavy atom. The summed E-state index contributed by atoms with van der Waals surface area (Å²) in [5, 5.41) is 0.718. The maximum Gasteiger partial charge on any atom is 0.0551 e. The maximum atomic E-state index is 6.67. The Morgan fingerprint density at radius 3 is 1.81 bits per heavy atom. The molecular weight excluding hydrogens is 410 g/mol. The molecule has 168 valence electrons. The third kappa shape index (κ3) is 4.94. The summed E-state index contributed by atoms with van der Waals surface area (Å²) in [6.45, 7) is 21.8. The zero-order valence-electron chi connectivity index (χ0n) is 20.8. The van der Waals surface area contributed by atoms with Gasteiger partial charge in [-0.2, -0.15) is 0 Å². The van der Waals surface area contributed by atoms with Crippen molar-refractivity contribution in [3.63, 3.8) is 0 Å². The molecule has 0 bridgehead atoms. The van der Waals surface area contributed by atoms with Crippen molar-refractivity contribution in [1.29, 1.82) is 0 Å². The fraction of sp³-hybridized carbons (Fsp3) is 0.333. The summed E-state index contributed by atoms with van der Waals surface area (Å²) in [7, 11) is 0. The largest absolute Gasteiger partial charge is 0.310 e. The van der Waals surface area contributed by atoms with Crippen LogP contribution in [0.2, 0.25) is 5.02 Å². The summed E-state index contributed by atoms with van der Waals surface area (Å²) in [4.78, 5) is 2.31. The van der Waals surface area contributed by atoms with Gasteiger partial charge >= 0.3 is 0 Å². The SMILES string of the molecule is C=Cc1c(Cl)cc(C)cc1N(c1ccc(C(C)(C)C)cc1)c1ccc(C(C)(C)C)cc1C. The van der Waals surface area contributed by atoms with Crippen LogP contribution in [0.4, 0.5) is 17.1 Å². The molecule has 0 fully saturated rings. The number of hydrogen-bond donors (Lipinski definition) is 0. The molecule has 0 saturated heterocycles. The average Bonchev–Trinajstić information content (AvgIpc) is 2.68. The highest BCUT2D eigenvalue weighted by Crippen LogP contribution is 2.42. The van der Waals surface area contributed by atoms with Gasteiger partial charge in [-0.05, 0) is 77.3 Å². The van der Waals surface area contributed by atoms with Crippen molar-refractivity contribution in [3.05, 3.63) is 94.0 Å². The third-order valence-electron chi connectivity index (χ3n) is 5.99. The number of hydrogen-bond acceptors (Lipinski definition) is 1. The Kier molecular flexibility index (Phi) is 6.63. The lowest BCUT2D eigenvalue weighted by Gasteiger charge is -2.31. The van der Waals surface area contributed by atoms with Crippen molar-refractivity contribution in [1.82, 2.24) is 0 Å². The standard InChI is InChI=1S/C30H36ClN/c1-10-25-26(31)17-20(2)18-28(25)32(24-14-11-22(12-15-24)29(4,5)6)27-16-13-23(19-21(27)3)30(7,8)9/h10-19H,1H2,2-9H3. The fourth-order valence-corrected chi connectivity index (χ4v) is 4.36. The minimum atomic E-state index is 0.0986. The molecular formula is C30H36ClN. The van der Waals surface area contributed by atoms with E-state index < -0.39 is 0 Å². The lowest BCUT2D eigenvalue weighted by atomic mass is 9.85. The van der Waals surface area contributed by atoms with Gasteiger partial charge in [-0.15, -0.1) is 0 Å². The molecule has 0 unspecified atom stereocenters. The first kappa shape index (κ1) is 24.1. The molecule has 1 nitrogen and oxygen atoms in total. The van der Waals surface area contributed by atoms with E-state index in [0.29, 0.717) is 0 Å². The molecule has 2 heteroatoms. The van der Waals surface area contributed by atoms with Crippen LogP contribution >= 0.6 is 11.6 Å². The second kappa shape index (κ2) is 8.79. The number of nitrogens with zero attached hydrogens (tertiary/aromatic N) is 1. The van der Waals surface area contributed by atoms with Crippen LogP contribution in [0.1, 0.15) is 69.4 Å². The topological polar surface area (TPSA) is 3.24 Å². The van der Waals surface area contributed by atoms with Crippen molar-refractivity contribution < 1.29 is 0 Å². The molecule has 0 amide bonds. The van der Waals surface area contributed by atoms with Crippen LogP contribution in [0.15, 0.2) is 61.2 Å². The van der Waals surface area contributed by atoms with E-state index in [2.05, 4.69) is 115 Å². The number of halogens is 1. The van der Waals surface area contributed by atoms with Gasteiger partial charge in [0.25, 0.3) is 0 Å². The molecule has 0 heterocycles. The van der Waals surface area contributed by atoms with E-state index in [1.54, 1.807) is 0 Å². The first-order chi connectivity index (χ1) is 14.8. The molecule has 0 radical (unpaired) electrons. The van der Waals surface area contributed by atoms with Gasteiger partial charge < -0.3 is 4.90 Å². The molecule has 32 heavy (non-hydrogen) atoms. The van der Waals surface area contributed by atoms with Crippen molar-refractivity contribution in [3.8, 4) is 0 Å². The van der Waals surface area contributed by atoms with Crippen LogP contribution < -0.4 is 4.90 Å². The zero-order chi connectivity index (χ0) is 23.8. The molecule has 3 aromatic carbocycles. The number of aryl methyl sites for hydroxylation is 2. The Labute approximate surface area is 199 Å². The number of rotatable bonds is 4. The second-order valence-electron chi connectivity index (χ2n) is 10.8. The normalized spacial score (nSPS) is 12.0. The van der Waals surface area contributed by atoms with E-state index in [4.69, 9.17) is 11.6 Å². The summed E-state index contributed by atoms with van der Waals surface area (Å²) >= 11 is 6.67. The Hall–Kier alpha value is -2.51. The van der Waals surface area contributed by atoms with Gasteiger partial charge in [-0.1, -0.05) is 90.1 Å². The van der Waals surface area contributed by atoms with Crippen LogP contribution in [0.25, 0.3) is 6.08 Å². The summed E-state index contributed by atoms with van der Waals surface area (Å²) < 4.78 is 0. The van der Waals surface area contributed by atoms with Crippen LogP contribution in [-0.2, 0) is 10.8 Å². The zero-order valence-corrected chi connectivity index (χ0v) is 21.6. The molecule has 0 spiro atoms. The van der Waals surface area contributed by atoms with Gasteiger partial charge in [0.1, 0.15) is 0 Å². The molecule has 0 saturated carbocycles. The van der Waals surface area contributed by atoms with Crippen molar-refractivity contribution >= 4 is 34.7 Å². The quantitative estimate of drug-likeness (QED) is 0.386. The van der Waals surface area contributed by atoms with E-state index in [1.807, 2.05) is 12.1 Å². The lowest BCUT2D eigenvalue weighted by Crippen LogP contribution is -2.16. The average molecular weight is 446 g/mol. The number of anilines is 3. The molecule has 0 aliphatic rings. The first-order valence-electron chi connectivity index (χ1n) is 11.3. The van der Waals surface area contributed by atoms with Gasteiger partial charge in [0.05, 0.1) is 10.7 Å². The maximum absolute atomic E-state index is 6.67. The summed E-state index contributed by atoms with van der Waals surface area (Å²) in [6.07, 6.45) is 1.85. The van der Waals surface area contributed by atoms with Gasteiger partial charge in [0.15, 0.2) is 0 Å². The third-order valence-corrected chi connectivity index (χ3v) is 6.31. The van der Waals surface area contributed by atoms with Gasteiger partial charge in [-0.3, -0.25) is 0 Å². The van der Waals surface area contributed by atoms with Gasteiger partial charge in [0.2, 0.25) is 0 Å². The van der Waals surface area contributed by atoms with Crippen molar-refractivity contribution in [2.45, 2.75) is 66.2 Å². The van der Waals surface area contributed by atoms with Crippen LogP contribution in [0.5, 0.6) is 0 Å². The highest BCUT2D eigenvalue weighted by Gasteiger charge is 2.22. The van der Waals surface area contributed by atoms with Crippen molar-refractivity contribution in [2.24, 2.45) is 0 Å². The van der Waals surface area contributed by atoms with Crippen molar-refractivity contribution in [2.75, 3.05) is 4.90 Å². The molecule has 0 atom stereocenters. The van der Waals surface area contributed by atoms with E-state index in [0.717, 1.165) is 33.2 Å². The molecule has 0 N–H and O–H groups in total. The molecule has 0 aliphatic heterocycles. The first-order valence-corrected chi connectivity index (χ1v) is 11.6. The molecule has 3 rings (SSSR count). The van der Waals surface area contributed by atoms with Crippen LogP contribution in [0.3, 0.4) is 0 Å². The smallest absolute Gasteiger partial charge is 0.0551 e. The highest BCUT2D eigenvalue weighted by molar-refractivity contribution is 6.32. The fourth-order valence-electron chi connectivity index (χ4n) is 4.01. The van der Waals surface area contributed by atoms with E-state index in [9.17, 15) is 0 Å². The van der Waals surface area contributed by atoms with E-state index in [1.165, 1.54) is 16.7 Å².